The molecule has 0 atom stereocenters. The first-order valence-corrected chi connectivity index (χ1v) is 6.95. The Balaban J connectivity index is 2.27. The SMILES string of the molecule is Cc1cc(CNc2cc(Br)cc(F)c2C(N)=O)ccc1F. The minimum Gasteiger partial charge on any atom is -0.380 e. The van der Waals surface area contributed by atoms with Crippen LogP contribution in [0, 0.1) is 18.6 Å². The lowest BCUT2D eigenvalue weighted by Gasteiger charge is -2.12. The van der Waals surface area contributed by atoms with E-state index in [2.05, 4.69) is 21.2 Å². The number of hydrogen-bond donors (Lipinski definition) is 2. The molecule has 2 rings (SSSR count). The van der Waals surface area contributed by atoms with Gasteiger partial charge in [0.2, 0.25) is 0 Å². The van der Waals surface area contributed by atoms with Gasteiger partial charge in [0.05, 0.1) is 11.3 Å². The van der Waals surface area contributed by atoms with Gasteiger partial charge in [-0.3, -0.25) is 4.79 Å². The highest BCUT2D eigenvalue weighted by Gasteiger charge is 2.15. The second kappa shape index (κ2) is 6.22. The Morgan fingerprint density at radius 2 is 1.95 bits per heavy atom. The van der Waals surface area contributed by atoms with E-state index in [-0.39, 0.29) is 17.1 Å². The molecule has 1 amide bonds. The fourth-order valence-electron chi connectivity index (χ4n) is 1.98. The van der Waals surface area contributed by atoms with Crippen molar-refractivity contribution < 1.29 is 13.6 Å². The minimum absolute atomic E-state index is 0.197. The van der Waals surface area contributed by atoms with E-state index in [0.717, 1.165) is 5.56 Å². The molecule has 0 radical (unpaired) electrons. The third-order valence-electron chi connectivity index (χ3n) is 3.01. The minimum atomic E-state index is -0.849. The molecule has 3 N–H and O–H groups in total. The van der Waals surface area contributed by atoms with Gasteiger partial charge in [-0.25, -0.2) is 8.78 Å². The van der Waals surface area contributed by atoms with Crippen molar-refractivity contribution >= 4 is 27.5 Å². The van der Waals surface area contributed by atoms with Crippen LogP contribution in [-0.2, 0) is 6.54 Å². The van der Waals surface area contributed by atoms with Crippen LogP contribution in [0.1, 0.15) is 21.5 Å². The summed E-state index contributed by atoms with van der Waals surface area (Å²) in [5.74, 6) is -1.84. The molecule has 0 aliphatic rings. The number of anilines is 1. The van der Waals surface area contributed by atoms with Crippen molar-refractivity contribution in [1.29, 1.82) is 0 Å². The third-order valence-corrected chi connectivity index (χ3v) is 3.46. The van der Waals surface area contributed by atoms with Gasteiger partial charge in [-0.1, -0.05) is 28.1 Å². The number of carbonyl (C=O) groups excluding carboxylic acids is 1. The van der Waals surface area contributed by atoms with Crippen LogP contribution >= 0.6 is 15.9 Å². The molecular formula is C15H13BrF2N2O. The lowest BCUT2D eigenvalue weighted by molar-refractivity contribution is 0.0997. The number of carbonyl (C=O) groups is 1. The Hall–Kier alpha value is -1.95. The van der Waals surface area contributed by atoms with Crippen molar-refractivity contribution in [3.05, 3.63) is 63.1 Å². The van der Waals surface area contributed by atoms with Crippen molar-refractivity contribution in [1.82, 2.24) is 0 Å². The number of amides is 1. The average molecular weight is 355 g/mol. The predicted molar refractivity (Wildman–Crippen MR) is 81.1 cm³/mol. The first-order chi connectivity index (χ1) is 9.88. The van der Waals surface area contributed by atoms with E-state index in [1.807, 2.05) is 0 Å². The van der Waals surface area contributed by atoms with Crippen LogP contribution < -0.4 is 11.1 Å². The van der Waals surface area contributed by atoms with E-state index >= 15 is 0 Å². The second-order valence-corrected chi connectivity index (χ2v) is 5.53. The molecule has 0 saturated heterocycles. The van der Waals surface area contributed by atoms with Crippen molar-refractivity contribution in [2.24, 2.45) is 5.73 Å². The van der Waals surface area contributed by atoms with Crippen LogP contribution in [0.15, 0.2) is 34.8 Å². The predicted octanol–water partition coefficient (Wildman–Crippen LogP) is 3.75. The van der Waals surface area contributed by atoms with Gasteiger partial charge < -0.3 is 11.1 Å². The Bertz CT molecular complexity index is 704. The zero-order valence-electron chi connectivity index (χ0n) is 11.2. The topological polar surface area (TPSA) is 55.1 Å². The zero-order chi connectivity index (χ0) is 15.6. The summed E-state index contributed by atoms with van der Waals surface area (Å²) in [6.45, 7) is 1.98. The number of hydrogen-bond acceptors (Lipinski definition) is 2. The Kier molecular flexibility index (Phi) is 4.57. The second-order valence-electron chi connectivity index (χ2n) is 4.61. The van der Waals surface area contributed by atoms with Crippen LogP contribution in [0.4, 0.5) is 14.5 Å². The molecule has 0 heterocycles. The lowest BCUT2D eigenvalue weighted by Crippen LogP contribution is -2.16. The highest BCUT2D eigenvalue weighted by Crippen LogP contribution is 2.25. The smallest absolute Gasteiger partial charge is 0.253 e. The number of halogens is 3. The highest BCUT2D eigenvalue weighted by molar-refractivity contribution is 9.10. The summed E-state index contributed by atoms with van der Waals surface area (Å²) >= 11 is 3.16. The van der Waals surface area contributed by atoms with Gasteiger partial charge in [0.25, 0.3) is 5.91 Å². The van der Waals surface area contributed by atoms with E-state index < -0.39 is 11.7 Å². The standard InChI is InChI=1S/C15H13BrF2N2O/c1-8-4-9(2-3-11(8)17)7-20-13-6-10(16)5-12(18)14(13)15(19)21/h2-6,20H,7H2,1H3,(H2,19,21). The molecule has 3 nitrogen and oxygen atoms in total. The fourth-order valence-corrected chi connectivity index (χ4v) is 2.41. The van der Waals surface area contributed by atoms with Crippen LogP contribution in [0.5, 0.6) is 0 Å². The van der Waals surface area contributed by atoms with E-state index in [1.54, 1.807) is 25.1 Å². The van der Waals surface area contributed by atoms with Crippen molar-refractivity contribution in [3.63, 3.8) is 0 Å². The first kappa shape index (κ1) is 15.4. The Labute approximate surface area is 129 Å². The van der Waals surface area contributed by atoms with Gasteiger partial charge in [0, 0.05) is 11.0 Å². The number of rotatable bonds is 4. The van der Waals surface area contributed by atoms with Crippen LogP contribution in [0.3, 0.4) is 0 Å². The van der Waals surface area contributed by atoms with E-state index in [0.29, 0.717) is 16.6 Å². The van der Waals surface area contributed by atoms with Crippen LogP contribution in [0.25, 0.3) is 0 Å². The third kappa shape index (κ3) is 3.58. The van der Waals surface area contributed by atoms with Gasteiger partial charge in [-0.05, 0) is 36.2 Å². The van der Waals surface area contributed by atoms with E-state index in [4.69, 9.17) is 5.73 Å². The van der Waals surface area contributed by atoms with Crippen molar-refractivity contribution in [2.75, 3.05) is 5.32 Å². The number of primary amides is 1. The number of benzene rings is 2. The van der Waals surface area contributed by atoms with Crippen LogP contribution in [-0.4, -0.2) is 5.91 Å². The summed E-state index contributed by atoms with van der Waals surface area (Å²) in [5, 5.41) is 2.95. The number of aryl methyl sites for hydroxylation is 1. The molecule has 0 aliphatic heterocycles. The summed E-state index contributed by atoms with van der Waals surface area (Å²) in [4.78, 5) is 11.3. The molecule has 0 spiro atoms. The Morgan fingerprint density at radius 3 is 2.57 bits per heavy atom. The Morgan fingerprint density at radius 1 is 1.24 bits per heavy atom. The van der Waals surface area contributed by atoms with Gasteiger partial charge in [0.15, 0.2) is 0 Å². The zero-order valence-corrected chi connectivity index (χ0v) is 12.8. The van der Waals surface area contributed by atoms with Gasteiger partial charge >= 0.3 is 0 Å². The molecule has 2 aromatic carbocycles. The summed E-state index contributed by atoms with van der Waals surface area (Å²) in [6.07, 6.45) is 0. The highest BCUT2D eigenvalue weighted by atomic mass is 79.9. The largest absolute Gasteiger partial charge is 0.380 e. The van der Waals surface area contributed by atoms with Gasteiger partial charge in [0.1, 0.15) is 11.6 Å². The molecule has 6 heteroatoms. The molecule has 0 fully saturated rings. The molecule has 21 heavy (non-hydrogen) atoms. The molecule has 0 bridgehead atoms. The molecule has 0 saturated carbocycles. The van der Waals surface area contributed by atoms with Gasteiger partial charge in [-0.15, -0.1) is 0 Å². The van der Waals surface area contributed by atoms with E-state index in [9.17, 15) is 13.6 Å². The fraction of sp³-hybridized carbons (Fsp3) is 0.133. The summed E-state index contributed by atoms with van der Waals surface area (Å²) in [7, 11) is 0. The summed E-state index contributed by atoms with van der Waals surface area (Å²) in [6, 6.07) is 7.41. The lowest BCUT2D eigenvalue weighted by atomic mass is 10.1. The van der Waals surface area contributed by atoms with E-state index in [1.165, 1.54) is 12.1 Å². The maximum atomic E-state index is 13.8. The van der Waals surface area contributed by atoms with Crippen molar-refractivity contribution in [3.8, 4) is 0 Å². The average Bonchev–Trinajstić information content (AvgIpc) is 2.38. The maximum absolute atomic E-state index is 13.8. The molecule has 2 aromatic rings. The maximum Gasteiger partial charge on any atom is 0.253 e. The molecule has 110 valence electrons. The van der Waals surface area contributed by atoms with Crippen molar-refractivity contribution in [2.45, 2.75) is 13.5 Å². The number of nitrogens with one attached hydrogen (secondary N) is 1. The molecule has 0 aliphatic carbocycles. The van der Waals surface area contributed by atoms with Gasteiger partial charge in [-0.2, -0.15) is 0 Å². The molecule has 0 aromatic heterocycles. The quantitative estimate of drug-likeness (QED) is 0.878. The summed E-state index contributed by atoms with van der Waals surface area (Å²) in [5.41, 5.74) is 6.61. The van der Waals surface area contributed by atoms with Crippen LogP contribution in [0.2, 0.25) is 0 Å². The first-order valence-electron chi connectivity index (χ1n) is 6.16. The molecule has 0 unspecified atom stereocenters. The monoisotopic (exact) mass is 354 g/mol. The molecular weight excluding hydrogens is 342 g/mol. The normalized spacial score (nSPS) is 10.5. The number of nitrogens with two attached hydrogens (primary N) is 1. The summed E-state index contributed by atoms with van der Waals surface area (Å²) < 4.78 is 27.5.